The van der Waals surface area contributed by atoms with Crippen molar-refractivity contribution in [1.29, 1.82) is 0 Å². The molecule has 1 fully saturated rings. The second-order valence-electron chi connectivity index (χ2n) is 4.09. The summed E-state index contributed by atoms with van der Waals surface area (Å²) in [5.41, 5.74) is 0.493. The van der Waals surface area contributed by atoms with E-state index in [1.807, 2.05) is 0 Å². The van der Waals surface area contributed by atoms with Crippen LogP contribution in [0.3, 0.4) is 0 Å². The van der Waals surface area contributed by atoms with Crippen molar-refractivity contribution in [3.8, 4) is 0 Å². The molecule has 1 aromatic rings. The van der Waals surface area contributed by atoms with E-state index >= 15 is 0 Å². The third kappa shape index (κ3) is 3.19. The van der Waals surface area contributed by atoms with Gasteiger partial charge in [0.1, 0.15) is 5.82 Å². The second kappa shape index (κ2) is 5.49. The fourth-order valence-electron chi connectivity index (χ4n) is 1.88. The summed E-state index contributed by atoms with van der Waals surface area (Å²) in [7, 11) is 0. The number of hydrogen-bond donors (Lipinski definition) is 1. The van der Waals surface area contributed by atoms with Crippen LogP contribution in [0.25, 0.3) is 0 Å². The van der Waals surface area contributed by atoms with Gasteiger partial charge in [-0.25, -0.2) is 9.18 Å². The molecule has 1 aliphatic rings. The van der Waals surface area contributed by atoms with E-state index in [-0.39, 0.29) is 18.4 Å². The predicted octanol–water partition coefficient (Wildman–Crippen LogP) is 2.89. The van der Waals surface area contributed by atoms with E-state index in [1.54, 1.807) is 17.0 Å². The summed E-state index contributed by atoms with van der Waals surface area (Å²) in [6.07, 6.45) is 2.11. The average molecular weight is 301 g/mol. The Morgan fingerprint density at radius 3 is 2.82 bits per heavy atom. The van der Waals surface area contributed by atoms with Crippen molar-refractivity contribution in [2.24, 2.45) is 0 Å². The molecule has 1 saturated heterocycles. The lowest BCUT2D eigenvalue weighted by molar-refractivity contribution is 0.208. The van der Waals surface area contributed by atoms with Crippen LogP contribution in [0.15, 0.2) is 22.7 Å². The van der Waals surface area contributed by atoms with Crippen molar-refractivity contribution in [2.45, 2.75) is 19.4 Å². The van der Waals surface area contributed by atoms with Crippen LogP contribution in [-0.2, 0) is 6.54 Å². The molecule has 92 valence electrons. The maximum absolute atomic E-state index is 13.4. The standard InChI is InChI=1S/C12H14BrFN2O/c13-10-3-4-11(14)9(7-10)8-15-12(17)16-5-1-2-6-16/h3-4,7H,1-2,5-6,8H2,(H,15,17). The third-order valence-corrected chi connectivity index (χ3v) is 3.32. The van der Waals surface area contributed by atoms with Gasteiger partial charge in [0.25, 0.3) is 0 Å². The molecule has 0 aliphatic carbocycles. The number of likely N-dealkylation sites (tertiary alicyclic amines) is 1. The number of amides is 2. The molecule has 0 spiro atoms. The van der Waals surface area contributed by atoms with Crippen LogP contribution < -0.4 is 5.32 Å². The van der Waals surface area contributed by atoms with Crippen molar-refractivity contribution < 1.29 is 9.18 Å². The first kappa shape index (κ1) is 12.4. The van der Waals surface area contributed by atoms with Crippen molar-refractivity contribution in [1.82, 2.24) is 10.2 Å². The molecule has 17 heavy (non-hydrogen) atoms. The van der Waals surface area contributed by atoms with Crippen LogP contribution in [0.2, 0.25) is 0 Å². The summed E-state index contributed by atoms with van der Waals surface area (Å²) in [6.45, 7) is 1.82. The monoisotopic (exact) mass is 300 g/mol. The number of nitrogens with zero attached hydrogens (tertiary/aromatic N) is 1. The van der Waals surface area contributed by atoms with Crippen molar-refractivity contribution in [2.75, 3.05) is 13.1 Å². The Hall–Kier alpha value is -1.10. The molecule has 1 aromatic carbocycles. The molecule has 1 heterocycles. The molecule has 1 N–H and O–H groups in total. The topological polar surface area (TPSA) is 32.3 Å². The van der Waals surface area contributed by atoms with E-state index in [4.69, 9.17) is 0 Å². The highest BCUT2D eigenvalue weighted by molar-refractivity contribution is 9.10. The Balaban J connectivity index is 1.92. The summed E-state index contributed by atoms with van der Waals surface area (Å²) in [6, 6.07) is 4.60. The lowest BCUT2D eigenvalue weighted by atomic mass is 10.2. The molecule has 3 nitrogen and oxygen atoms in total. The van der Waals surface area contributed by atoms with Crippen LogP contribution in [0.5, 0.6) is 0 Å². The lowest BCUT2D eigenvalue weighted by Crippen LogP contribution is -2.37. The van der Waals surface area contributed by atoms with Gasteiger partial charge < -0.3 is 10.2 Å². The summed E-state index contributed by atoms with van der Waals surface area (Å²) >= 11 is 3.28. The zero-order valence-electron chi connectivity index (χ0n) is 9.38. The predicted molar refractivity (Wildman–Crippen MR) is 67.1 cm³/mol. The quantitative estimate of drug-likeness (QED) is 0.895. The van der Waals surface area contributed by atoms with E-state index in [0.29, 0.717) is 5.56 Å². The third-order valence-electron chi connectivity index (χ3n) is 2.83. The van der Waals surface area contributed by atoms with Crippen LogP contribution >= 0.6 is 15.9 Å². The molecule has 0 bridgehead atoms. The molecule has 1 aliphatic heterocycles. The Morgan fingerprint density at radius 2 is 2.12 bits per heavy atom. The van der Waals surface area contributed by atoms with E-state index in [9.17, 15) is 9.18 Å². The minimum Gasteiger partial charge on any atom is -0.334 e. The molecule has 2 amide bonds. The zero-order chi connectivity index (χ0) is 12.3. The first-order chi connectivity index (χ1) is 8.16. The fourth-order valence-corrected chi connectivity index (χ4v) is 2.29. The van der Waals surface area contributed by atoms with Gasteiger partial charge >= 0.3 is 6.03 Å². The Bertz CT molecular complexity index is 419. The van der Waals surface area contributed by atoms with Gasteiger partial charge in [-0.1, -0.05) is 15.9 Å². The molecule has 5 heteroatoms. The SMILES string of the molecule is O=C(NCc1cc(Br)ccc1F)N1CCCC1. The minimum absolute atomic E-state index is 0.109. The Labute approximate surface area is 108 Å². The highest BCUT2D eigenvalue weighted by Gasteiger charge is 2.17. The van der Waals surface area contributed by atoms with E-state index in [2.05, 4.69) is 21.2 Å². The highest BCUT2D eigenvalue weighted by Crippen LogP contribution is 2.15. The normalized spacial score (nSPS) is 15.1. The molecule has 0 aromatic heterocycles. The van der Waals surface area contributed by atoms with E-state index in [1.165, 1.54) is 6.07 Å². The Morgan fingerprint density at radius 1 is 1.41 bits per heavy atom. The minimum atomic E-state index is -0.296. The van der Waals surface area contributed by atoms with Crippen LogP contribution in [0, 0.1) is 5.82 Å². The van der Waals surface area contributed by atoms with Crippen molar-refractivity contribution in [3.63, 3.8) is 0 Å². The average Bonchev–Trinajstić information content (AvgIpc) is 2.83. The molecular weight excluding hydrogens is 287 g/mol. The molecule has 0 saturated carbocycles. The van der Waals surface area contributed by atoms with Gasteiger partial charge in [0.2, 0.25) is 0 Å². The number of nitrogens with one attached hydrogen (secondary N) is 1. The number of benzene rings is 1. The van der Waals surface area contributed by atoms with Crippen LogP contribution in [0.1, 0.15) is 18.4 Å². The molecule has 0 radical (unpaired) electrons. The van der Waals surface area contributed by atoms with Gasteiger partial charge in [-0.3, -0.25) is 0 Å². The largest absolute Gasteiger partial charge is 0.334 e. The van der Waals surface area contributed by atoms with Gasteiger partial charge in [-0.2, -0.15) is 0 Å². The van der Waals surface area contributed by atoms with Gasteiger partial charge in [0.15, 0.2) is 0 Å². The van der Waals surface area contributed by atoms with Crippen LogP contribution in [0.4, 0.5) is 9.18 Å². The first-order valence-electron chi connectivity index (χ1n) is 5.63. The number of hydrogen-bond acceptors (Lipinski definition) is 1. The molecule has 0 unspecified atom stereocenters. The summed E-state index contributed by atoms with van der Waals surface area (Å²) < 4.78 is 14.2. The maximum atomic E-state index is 13.4. The summed E-state index contributed by atoms with van der Waals surface area (Å²) in [5, 5.41) is 2.74. The number of urea groups is 1. The first-order valence-corrected chi connectivity index (χ1v) is 6.43. The number of halogens is 2. The van der Waals surface area contributed by atoms with E-state index in [0.717, 1.165) is 30.4 Å². The molecule has 2 rings (SSSR count). The van der Waals surface area contributed by atoms with Gasteiger partial charge in [0.05, 0.1) is 0 Å². The van der Waals surface area contributed by atoms with Crippen molar-refractivity contribution in [3.05, 3.63) is 34.1 Å². The smallest absolute Gasteiger partial charge is 0.317 e. The van der Waals surface area contributed by atoms with E-state index < -0.39 is 0 Å². The lowest BCUT2D eigenvalue weighted by Gasteiger charge is -2.16. The van der Waals surface area contributed by atoms with Crippen molar-refractivity contribution >= 4 is 22.0 Å². The summed E-state index contributed by atoms with van der Waals surface area (Å²) in [4.78, 5) is 13.5. The number of rotatable bonds is 2. The zero-order valence-corrected chi connectivity index (χ0v) is 11.0. The van der Waals surface area contributed by atoms with Crippen LogP contribution in [-0.4, -0.2) is 24.0 Å². The number of carbonyl (C=O) groups is 1. The molecule has 0 atom stereocenters. The molecular formula is C12H14BrFN2O. The fraction of sp³-hybridized carbons (Fsp3) is 0.417. The van der Waals surface area contributed by atoms with Gasteiger partial charge in [0, 0.05) is 29.7 Å². The van der Waals surface area contributed by atoms with Gasteiger partial charge in [-0.15, -0.1) is 0 Å². The van der Waals surface area contributed by atoms with Gasteiger partial charge in [-0.05, 0) is 31.0 Å². The maximum Gasteiger partial charge on any atom is 0.317 e. The number of carbonyl (C=O) groups excluding carboxylic acids is 1. The highest BCUT2D eigenvalue weighted by atomic mass is 79.9. The Kier molecular flexibility index (Phi) is 3.99. The second-order valence-corrected chi connectivity index (χ2v) is 5.00. The summed E-state index contributed by atoms with van der Waals surface area (Å²) in [5.74, 6) is -0.296.